The van der Waals surface area contributed by atoms with E-state index in [1.165, 1.54) is 4.68 Å². The summed E-state index contributed by atoms with van der Waals surface area (Å²) in [5.41, 5.74) is 1.86. The largest absolute Gasteiger partial charge is 0.390 e. The number of aryl methyl sites for hydroxylation is 1. The van der Waals surface area contributed by atoms with Gasteiger partial charge in [-0.1, -0.05) is 0 Å². The standard InChI is InChI=1S/C14H19N5O2/c1-17-14(21)7-11-8-18(6-3-13(11)16-17)9-12(20)10-19-5-2-4-15-19/h2,4-5,7,12,20H,3,6,8-10H2,1H3. The van der Waals surface area contributed by atoms with E-state index in [4.69, 9.17) is 0 Å². The molecule has 7 nitrogen and oxygen atoms in total. The molecule has 0 saturated carbocycles. The van der Waals surface area contributed by atoms with Crippen molar-refractivity contribution in [3.63, 3.8) is 0 Å². The van der Waals surface area contributed by atoms with E-state index >= 15 is 0 Å². The van der Waals surface area contributed by atoms with Gasteiger partial charge >= 0.3 is 0 Å². The zero-order chi connectivity index (χ0) is 14.8. The Morgan fingerprint density at radius 1 is 1.43 bits per heavy atom. The zero-order valence-electron chi connectivity index (χ0n) is 12.0. The lowest BCUT2D eigenvalue weighted by atomic mass is 10.1. The van der Waals surface area contributed by atoms with Crippen molar-refractivity contribution < 1.29 is 5.11 Å². The predicted molar refractivity (Wildman–Crippen MR) is 76.7 cm³/mol. The normalized spacial score (nSPS) is 16.7. The minimum atomic E-state index is -0.481. The lowest BCUT2D eigenvalue weighted by Gasteiger charge is -2.29. The van der Waals surface area contributed by atoms with Crippen molar-refractivity contribution in [3.8, 4) is 0 Å². The van der Waals surface area contributed by atoms with Crippen LogP contribution < -0.4 is 5.56 Å². The van der Waals surface area contributed by atoms with Crippen LogP contribution in [0.2, 0.25) is 0 Å². The molecule has 3 rings (SSSR count). The minimum absolute atomic E-state index is 0.0901. The quantitative estimate of drug-likeness (QED) is 0.813. The maximum absolute atomic E-state index is 11.7. The fourth-order valence-corrected chi connectivity index (χ4v) is 2.69. The molecule has 0 bridgehead atoms. The van der Waals surface area contributed by atoms with Crippen LogP contribution in [0, 0.1) is 0 Å². The molecule has 0 saturated heterocycles. The van der Waals surface area contributed by atoms with Gasteiger partial charge in [0.25, 0.3) is 5.56 Å². The number of nitrogens with zero attached hydrogens (tertiary/aromatic N) is 5. The van der Waals surface area contributed by atoms with E-state index in [1.807, 2.05) is 12.3 Å². The highest BCUT2D eigenvalue weighted by Gasteiger charge is 2.20. The van der Waals surface area contributed by atoms with Crippen LogP contribution in [0.4, 0.5) is 0 Å². The molecule has 0 amide bonds. The molecular formula is C14H19N5O2. The Bertz CT molecular complexity index is 664. The highest BCUT2D eigenvalue weighted by atomic mass is 16.3. The average Bonchev–Trinajstić information content (AvgIpc) is 2.93. The Labute approximate surface area is 122 Å². The molecule has 0 aliphatic carbocycles. The topological polar surface area (TPSA) is 76.2 Å². The summed E-state index contributed by atoms with van der Waals surface area (Å²) in [6, 6.07) is 3.49. The maximum Gasteiger partial charge on any atom is 0.266 e. The number of hydrogen-bond acceptors (Lipinski definition) is 5. The van der Waals surface area contributed by atoms with E-state index in [0.717, 1.165) is 24.2 Å². The molecule has 0 radical (unpaired) electrons. The van der Waals surface area contributed by atoms with Gasteiger partial charge in [0.1, 0.15) is 0 Å². The Morgan fingerprint density at radius 3 is 3.05 bits per heavy atom. The number of β-amino-alcohol motifs (C(OH)–C–C–N with tert-alkyl or cyclic N) is 1. The summed E-state index contributed by atoms with van der Waals surface area (Å²) >= 11 is 0. The van der Waals surface area contributed by atoms with E-state index in [-0.39, 0.29) is 5.56 Å². The monoisotopic (exact) mass is 289 g/mol. The SMILES string of the molecule is Cn1nc2c(cc1=O)CN(CC(O)Cn1cccn1)CC2. The number of aliphatic hydroxyl groups is 1. The summed E-state index contributed by atoms with van der Waals surface area (Å²) in [4.78, 5) is 13.8. The summed E-state index contributed by atoms with van der Waals surface area (Å²) in [6.45, 7) is 2.54. The van der Waals surface area contributed by atoms with Crippen molar-refractivity contribution in [3.05, 3.63) is 46.1 Å². The van der Waals surface area contributed by atoms with Gasteiger partial charge in [0.2, 0.25) is 0 Å². The van der Waals surface area contributed by atoms with Crippen LogP contribution in [-0.4, -0.2) is 48.8 Å². The molecular weight excluding hydrogens is 270 g/mol. The van der Waals surface area contributed by atoms with Gasteiger partial charge < -0.3 is 5.11 Å². The van der Waals surface area contributed by atoms with Crippen LogP contribution in [0.3, 0.4) is 0 Å². The summed E-state index contributed by atoms with van der Waals surface area (Å²) in [5, 5.41) is 18.5. The first kappa shape index (κ1) is 14.0. The maximum atomic E-state index is 11.7. The molecule has 1 unspecified atom stereocenters. The number of hydrogen-bond donors (Lipinski definition) is 1. The van der Waals surface area contributed by atoms with Crippen molar-refractivity contribution in [1.29, 1.82) is 0 Å². The van der Waals surface area contributed by atoms with Crippen LogP contribution in [0.5, 0.6) is 0 Å². The molecule has 1 aliphatic rings. The molecule has 2 aromatic rings. The van der Waals surface area contributed by atoms with Gasteiger partial charge in [-0.2, -0.15) is 10.2 Å². The van der Waals surface area contributed by atoms with Gasteiger partial charge in [0, 0.05) is 51.6 Å². The number of fused-ring (bicyclic) bond motifs is 1. The van der Waals surface area contributed by atoms with Crippen molar-refractivity contribution in [2.75, 3.05) is 13.1 Å². The number of rotatable bonds is 4. The molecule has 0 spiro atoms. The summed E-state index contributed by atoms with van der Waals surface area (Å²) < 4.78 is 3.10. The van der Waals surface area contributed by atoms with Gasteiger partial charge in [-0.05, 0) is 11.6 Å². The summed E-state index contributed by atoms with van der Waals surface area (Å²) in [6.07, 6.45) is 3.86. The zero-order valence-corrected chi connectivity index (χ0v) is 12.0. The van der Waals surface area contributed by atoms with Gasteiger partial charge in [-0.15, -0.1) is 0 Å². The highest BCUT2D eigenvalue weighted by Crippen LogP contribution is 2.15. The molecule has 1 aliphatic heterocycles. The van der Waals surface area contributed by atoms with Crippen LogP contribution in [0.1, 0.15) is 11.3 Å². The van der Waals surface area contributed by atoms with E-state index < -0.39 is 6.10 Å². The molecule has 2 aromatic heterocycles. The highest BCUT2D eigenvalue weighted by molar-refractivity contribution is 5.20. The first-order valence-corrected chi connectivity index (χ1v) is 7.06. The Balaban J connectivity index is 1.63. The number of aromatic nitrogens is 4. The molecule has 1 atom stereocenters. The Kier molecular flexibility index (Phi) is 3.85. The molecule has 0 aromatic carbocycles. The smallest absolute Gasteiger partial charge is 0.266 e. The second-order valence-corrected chi connectivity index (χ2v) is 5.45. The Morgan fingerprint density at radius 2 is 2.29 bits per heavy atom. The van der Waals surface area contributed by atoms with E-state index in [1.54, 1.807) is 24.0 Å². The average molecular weight is 289 g/mol. The molecule has 1 N–H and O–H groups in total. The molecule has 3 heterocycles. The fourth-order valence-electron chi connectivity index (χ4n) is 2.69. The third kappa shape index (κ3) is 3.20. The van der Waals surface area contributed by atoms with Gasteiger partial charge in [-0.3, -0.25) is 14.4 Å². The van der Waals surface area contributed by atoms with E-state index in [0.29, 0.717) is 19.6 Å². The van der Waals surface area contributed by atoms with E-state index in [2.05, 4.69) is 15.1 Å². The van der Waals surface area contributed by atoms with Crippen LogP contribution in [0.25, 0.3) is 0 Å². The fraction of sp³-hybridized carbons (Fsp3) is 0.500. The number of aliphatic hydroxyl groups excluding tert-OH is 1. The van der Waals surface area contributed by atoms with Crippen LogP contribution in [0.15, 0.2) is 29.3 Å². The Hall–Kier alpha value is -1.99. The van der Waals surface area contributed by atoms with Crippen LogP contribution >= 0.6 is 0 Å². The lowest BCUT2D eigenvalue weighted by molar-refractivity contribution is 0.0882. The van der Waals surface area contributed by atoms with Gasteiger partial charge in [0.15, 0.2) is 0 Å². The summed E-state index contributed by atoms with van der Waals surface area (Å²) in [7, 11) is 1.67. The third-order valence-corrected chi connectivity index (χ3v) is 3.74. The third-order valence-electron chi connectivity index (χ3n) is 3.74. The van der Waals surface area contributed by atoms with Crippen molar-refractivity contribution >= 4 is 0 Å². The van der Waals surface area contributed by atoms with Crippen molar-refractivity contribution in [1.82, 2.24) is 24.5 Å². The molecule has 112 valence electrons. The van der Waals surface area contributed by atoms with Crippen molar-refractivity contribution in [2.24, 2.45) is 7.05 Å². The van der Waals surface area contributed by atoms with Gasteiger partial charge in [-0.25, -0.2) is 4.68 Å². The first-order valence-electron chi connectivity index (χ1n) is 7.06. The van der Waals surface area contributed by atoms with Crippen LogP contribution in [-0.2, 0) is 26.6 Å². The molecule has 21 heavy (non-hydrogen) atoms. The lowest BCUT2D eigenvalue weighted by Crippen LogP contribution is -2.39. The first-order chi connectivity index (χ1) is 10.1. The second-order valence-electron chi connectivity index (χ2n) is 5.45. The second kappa shape index (κ2) is 5.79. The van der Waals surface area contributed by atoms with Gasteiger partial charge in [0.05, 0.1) is 18.3 Å². The van der Waals surface area contributed by atoms with Crippen molar-refractivity contribution in [2.45, 2.75) is 25.6 Å². The van der Waals surface area contributed by atoms with E-state index in [9.17, 15) is 9.90 Å². The molecule has 0 fully saturated rings. The molecule has 7 heteroatoms. The summed E-state index contributed by atoms with van der Waals surface area (Å²) in [5.74, 6) is 0. The predicted octanol–water partition coefficient (Wildman–Crippen LogP) is -0.604. The minimum Gasteiger partial charge on any atom is -0.390 e.